The summed E-state index contributed by atoms with van der Waals surface area (Å²) in [6, 6.07) is 17.5. The van der Waals surface area contributed by atoms with Crippen molar-refractivity contribution in [2.75, 3.05) is 11.2 Å². The van der Waals surface area contributed by atoms with Gasteiger partial charge in [-0.05, 0) is 55.6 Å². The molecule has 0 fully saturated rings. The second-order valence-corrected chi connectivity index (χ2v) is 8.06. The number of hydrogen-bond acceptors (Lipinski definition) is 5. The molecule has 0 aliphatic carbocycles. The zero-order chi connectivity index (χ0) is 18.8. The maximum absolute atomic E-state index is 13.3. The van der Waals surface area contributed by atoms with Crippen molar-refractivity contribution >= 4 is 44.4 Å². The van der Waals surface area contributed by atoms with Crippen molar-refractivity contribution in [2.45, 2.75) is 18.4 Å². The van der Waals surface area contributed by atoms with Crippen molar-refractivity contribution in [2.24, 2.45) is 0 Å². The number of aromatic nitrogens is 1. The Kier molecular flexibility index (Phi) is 5.01. The molecule has 4 aromatic rings. The van der Waals surface area contributed by atoms with E-state index in [4.69, 9.17) is 9.40 Å². The van der Waals surface area contributed by atoms with E-state index >= 15 is 0 Å². The van der Waals surface area contributed by atoms with Crippen LogP contribution in [0.4, 0.5) is 5.13 Å². The lowest BCUT2D eigenvalue weighted by molar-refractivity contribution is 0.0983. The summed E-state index contributed by atoms with van der Waals surface area (Å²) in [7, 11) is 0. The molecule has 1 amide bonds. The molecular formula is C21H18N2O2S2. The van der Waals surface area contributed by atoms with Gasteiger partial charge in [-0.15, -0.1) is 11.8 Å². The van der Waals surface area contributed by atoms with Crippen molar-refractivity contribution in [1.82, 2.24) is 4.98 Å². The van der Waals surface area contributed by atoms with Gasteiger partial charge in [-0.25, -0.2) is 4.98 Å². The van der Waals surface area contributed by atoms with Crippen molar-refractivity contribution in [1.29, 1.82) is 0 Å². The molecule has 0 saturated carbocycles. The number of thioether (sulfide) groups is 1. The van der Waals surface area contributed by atoms with E-state index < -0.39 is 0 Å². The monoisotopic (exact) mass is 394 g/mol. The molecule has 4 nitrogen and oxygen atoms in total. The normalized spacial score (nSPS) is 11.0. The van der Waals surface area contributed by atoms with Gasteiger partial charge in [0.05, 0.1) is 23.0 Å². The van der Waals surface area contributed by atoms with Crippen molar-refractivity contribution in [3.63, 3.8) is 0 Å². The van der Waals surface area contributed by atoms with Crippen molar-refractivity contribution in [3.05, 3.63) is 77.7 Å². The molecule has 136 valence electrons. The first-order valence-electron chi connectivity index (χ1n) is 8.49. The van der Waals surface area contributed by atoms with E-state index in [1.165, 1.54) is 16.2 Å². The summed E-state index contributed by atoms with van der Waals surface area (Å²) in [4.78, 5) is 20.9. The molecule has 0 bridgehead atoms. The molecule has 0 aliphatic heterocycles. The average Bonchev–Trinajstić information content (AvgIpc) is 3.34. The third kappa shape index (κ3) is 3.77. The van der Waals surface area contributed by atoms with Gasteiger partial charge >= 0.3 is 0 Å². The van der Waals surface area contributed by atoms with Gasteiger partial charge in [0.1, 0.15) is 5.76 Å². The van der Waals surface area contributed by atoms with Crippen LogP contribution in [0.2, 0.25) is 0 Å². The van der Waals surface area contributed by atoms with E-state index in [1.54, 1.807) is 22.9 Å². The number of aryl methyl sites for hydroxylation is 1. The smallest absolute Gasteiger partial charge is 0.260 e. The minimum Gasteiger partial charge on any atom is -0.467 e. The van der Waals surface area contributed by atoms with Gasteiger partial charge in [0.15, 0.2) is 5.13 Å². The van der Waals surface area contributed by atoms with Crippen LogP contribution in [0, 0.1) is 6.92 Å². The van der Waals surface area contributed by atoms with Crippen LogP contribution < -0.4 is 4.90 Å². The Bertz CT molecular complexity index is 1090. The Morgan fingerprint density at radius 2 is 2.07 bits per heavy atom. The molecule has 4 rings (SSSR count). The number of fused-ring (bicyclic) bond motifs is 1. The number of anilines is 1. The highest BCUT2D eigenvalue weighted by atomic mass is 32.2. The fraction of sp³-hybridized carbons (Fsp3) is 0.143. The first-order valence-corrected chi connectivity index (χ1v) is 10.5. The van der Waals surface area contributed by atoms with Gasteiger partial charge < -0.3 is 4.42 Å². The number of amides is 1. The van der Waals surface area contributed by atoms with Gasteiger partial charge in [0.2, 0.25) is 0 Å². The molecule has 0 atom stereocenters. The van der Waals surface area contributed by atoms with Crippen LogP contribution in [0.25, 0.3) is 10.2 Å². The summed E-state index contributed by atoms with van der Waals surface area (Å²) in [6.45, 7) is 2.32. The zero-order valence-electron chi connectivity index (χ0n) is 15.0. The molecule has 0 saturated heterocycles. The molecule has 2 heterocycles. The third-order valence-corrected chi connectivity index (χ3v) is 5.99. The molecule has 6 heteroatoms. The Morgan fingerprint density at radius 3 is 2.81 bits per heavy atom. The summed E-state index contributed by atoms with van der Waals surface area (Å²) in [5, 5.41) is 0.672. The number of benzene rings is 2. The van der Waals surface area contributed by atoms with Gasteiger partial charge in [-0.2, -0.15) is 0 Å². The molecule has 0 spiro atoms. The van der Waals surface area contributed by atoms with Gasteiger partial charge in [0, 0.05) is 10.5 Å². The summed E-state index contributed by atoms with van der Waals surface area (Å²) >= 11 is 3.22. The van der Waals surface area contributed by atoms with Gasteiger partial charge in [-0.3, -0.25) is 9.69 Å². The molecule has 2 aromatic carbocycles. The molecule has 0 N–H and O–H groups in total. The van der Waals surface area contributed by atoms with E-state index in [0.717, 1.165) is 21.5 Å². The standard InChI is InChI=1S/C21H18N2O2S2/c1-14-5-3-6-15(11-14)20(24)23(13-16-7-4-10-25-16)21-22-18-9-8-17(26-2)12-19(18)27-21/h3-12H,13H2,1-2H3. The van der Waals surface area contributed by atoms with Crippen LogP contribution in [0.3, 0.4) is 0 Å². The van der Waals surface area contributed by atoms with E-state index in [9.17, 15) is 4.79 Å². The highest BCUT2D eigenvalue weighted by Gasteiger charge is 2.23. The van der Waals surface area contributed by atoms with Crippen molar-refractivity contribution in [3.8, 4) is 0 Å². The Balaban J connectivity index is 1.76. The lowest BCUT2D eigenvalue weighted by Gasteiger charge is -2.19. The Labute approximate surface area is 165 Å². The van der Waals surface area contributed by atoms with E-state index in [1.807, 2.05) is 55.6 Å². The number of rotatable bonds is 5. The number of carbonyl (C=O) groups excluding carboxylic acids is 1. The van der Waals surface area contributed by atoms with Crippen LogP contribution in [0.15, 0.2) is 70.2 Å². The van der Waals surface area contributed by atoms with Crippen LogP contribution in [-0.4, -0.2) is 17.1 Å². The zero-order valence-corrected chi connectivity index (χ0v) is 16.6. The number of hydrogen-bond donors (Lipinski definition) is 0. The number of furan rings is 1. The lowest BCUT2D eigenvalue weighted by Crippen LogP contribution is -2.30. The predicted octanol–water partition coefficient (Wildman–Crippen LogP) is 5.77. The highest BCUT2D eigenvalue weighted by Crippen LogP contribution is 2.33. The average molecular weight is 395 g/mol. The summed E-state index contributed by atoms with van der Waals surface area (Å²) in [5.41, 5.74) is 2.59. The first kappa shape index (κ1) is 17.8. The fourth-order valence-electron chi connectivity index (χ4n) is 2.85. The maximum Gasteiger partial charge on any atom is 0.260 e. The molecule has 0 unspecified atom stereocenters. The Hall–Kier alpha value is -2.57. The van der Waals surface area contributed by atoms with E-state index in [0.29, 0.717) is 17.2 Å². The van der Waals surface area contributed by atoms with E-state index in [-0.39, 0.29) is 5.91 Å². The minimum absolute atomic E-state index is 0.0840. The Morgan fingerprint density at radius 1 is 1.19 bits per heavy atom. The number of carbonyl (C=O) groups is 1. The summed E-state index contributed by atoms with van der Waals surface area (Å²) < 4.78 is 6.55. The van der Waals surface area contributed by atoms with Crippen molar-refractivity contribution < 1.29 is 9.21 Å². The largest absolute Gasteiger partial charge is 0.467 e. The summed E-state index contributed by atoms with van der Waals surface area (Å²) in [5.74, 6) is 0.638. The predicted molar refractivity (Wildman–Crippen MR) is 112 cm³/mol. The van der Waals surface area contributed by atoms with Crippen LogP contribution >= 0.6 is 23.1 Å². The molecule has 27 heavy (non-hydrogen) atoms. The minimum atomic E-state index is -0.0840. The van der Waals surface area contributed by atoms with Crippen LogP contribution in [0.5, 0.6) is 0 Å². The lowest BCUT2D eigenvalue weighted by atomic mass is 10.1. The summed E-state index contributed by atoms with van der Waals surface area (Å²) in [6.07, 6.45) is 3.67. The maximum atomic E-state index is 13.3. The van der Waals surface area contributed by atoms with Crippen LogP contribution in [0.1, 0.15) is 21.7 Å². The quantitative estimate of drug-likeness (QED) is 0.403. The number of thiazole rings is 1. The van der Waals surface area contributed by atoms with Gasteiger partial charge in [-0.1, -0.05) is 29.0 Å². The van der Waals surface area contributed by atoms with E-state index in [2.05, 4.69) is 12.1 Å². The second-order valence-electron chi connectivity index (χ2n) is 6.17. The number of nitrogens with zero attached hydrogens (tertiary/aromatic N) is 2. The first-order chi connectivity index (χ1) is 13.1. The topological polar surface area (TPSA) is 46.3 Å². The fourth-order valence-corrected chi connectivity index (χ4v) is 4.37. The highest BCUT2D eigenvalue weighted by molar-refractivity contribution is 7.98. The molecule has 0 aliphatic rings. The second kappa shape index (κ2) is 7.58. The molecular weight excluding hydrogens is 376 g/mol. The third-order valence-electron chi connectivity index (χ3n) is 4.22. The van der Waals surface area contributed by atoms with Gasteiger partial charge in [0.25, 0.3) is 5.91 Å². The molecule has 2 aromatic heterocycles. The van der Waals surface area contributed by atoms with Crippen LogP contribution in [-0.2, 0) is 6.54 Å². The molecule has 0 radical (unpaired) electrons. The SMILES string of the molecule is CSc1ccc2nc(N(Cc3ccco3)C(=O)c3cccc(C)c3)sc2c1.